The number of ether oxygens (including phenoxy) is 2. The van der Waals surface area contributed by atoms with Gasteiger partial charge in [0.15, 0.2) is 6.61 Å². The highest BCUT2D eigenvalue weighted by molar-refractivity contribution is 7.92. The smallest absolute Gasteiger partial charge is 0.349 e. The summed E-state index contributed by atoms with van der Waals surface area (Å²) < 4.78 is 37.8. The van der Waals surface area contributed by atoms with Crippen molar-refractivity contribution in [3.63, 3.8) is 0 Å². The van der Waals surface area contributed by atoms with Crippen molar-refractivity contribution < 1.29 is 22.7 Å². The van der Waals surface area contributed by atoms with Crippen LogP contribution in [0.2, 0.25) is 0 Å². The van der Waals surface area contributed by atoms with Crippen LogP contribution in [0.25, 0.3) is 0 Å². The highest BCUT2D eigenvalue weighted by Gasteiger charge is 2.22. The molecule has 0 aliphatic rings. The Hall–Kier alpha value is -3.32. The molecule has 162 valence electrons. The van der Waals surface area contributed by atoms with Gasteiger partial charge in [0.25, 0.3) is 10.0 Å². The Balaban J connectivity index is 1.65. The molecule has 3 aromatic rings. The number of nitrogens with zero attached hydrogens (tertiary/aromatic N) is 1. The minimum atomic E-state index is -3.70. The van der Waals surface area contributed by atoms with Gasteiger partial charge in [-0.05, 0) is 79.9 Å². The highest BCUT2D eigenvalue weighted by atomic mass is 32.2. The number of hydrogen-bond donors (Lipinski definition) is 0. The molecule has 7 heteroatoms. The Morgan fingerprint density at radius 2 is 1.55 bits per heavy atom. The molecule has 0 aromatic heterocycles. The van der Waals surface area contributed by atoms with Gasteiger partial charge in [-0.3, -0.25) is 4.31 Å². The van der Waals surface area contributed by atoms with E-state index in [1.807, 2.05) is 39.0 Å². The number of esters is 1. The van der Waals surface area contributed by atoms with E-state index in [4.69, 9.17) is 9.47 Å². The van der Waals surface area contributed by atoms with Crippen LogP contribution in [-0.2, 0) is 14.8 Å². The number of carbonyl (C=O) groups is 1. The van der Waals surface area contributed by atoms with Crippen molar-refractivity contribution in [2.75, 3.05) is 18.0 Å². The van der Waals surface area contributed by atoms with Crippen molar-refractivity contribution in [3.8, 4) is 11.5 Å². The molecule has 0 N–H and O–H groups in total. The molecule has 6 nitrogen and oxygen atoms in total. The van der Waals surface area contributed by atoms with Gasteiger partial charge >= 0.3 is 5.97 Å². The molecule has 0 saturated carbocycles. The first-order valence-electron chi connectivity index (χ1n) is 9.74. The maximum Gasteiger partial charge on any atom is 0.349 e. The molecule has 0 unspecified atom stereocenters. The van der Waals surface area contributed by atoms with Crippen molar-refractivity contribution in [1.82, 2.24) is 0 Å². The Kier molecular flexibility index (Phi) is 6.65. The Labute approximate surface area is 183 Å². The molecule has 3 aromatic carbocycles. The van der Waals surface area contributed by atoms with Gasteiger partial charge in [-0.15, -0.1) is 0 Å². The summed E-state index contributed by atoms with van der Waals surface area (Å²) in [5, 5.41) is 0. The minimum Gasteiger partial charge on any atom is -0.482 e. The van der Waals surface area contributed by atoms with Gasteiger partial charge in [-0.25, -0.2) is 13.2 Å². The summed E-state index contributed by atoms with van der Waals surface area (Å²) in [7, 11) is -2.22. The van der Waals surface area contributed by atoms with Crippen LogP contribution >= 0.6 is 0 Å². The van der Waals surface area contributed by atoms with Crippen LogP contribution in [0.3, 0.4) is 0 Å². The number of sulfonamides is 1. The van der Waals surface area contributed by atoms with E-state index < -0.39 is 16.0 Å². The Morgan fingerprint density at radius 1 is 0.871 bits per heavy atom. The molecule has 0 radical (unpaired) electrons. The summed E-state index contributed by atoms with van der Waals surface area (Å²) in [6.45, 7) is 5.47. The predicted molar refractivity (Wildman–Crippen MR) is 120 cm³/mol. The predicted octanol–water partition coefficient (Wildman–Crippen LogP) is 4.42. The van der Waals surface area contributed by atoms with E-state index in [9.17, 15) is 13.2 Å². The van der Waals surface area contributed by atoms with E-state index >= 15 is 0 Å². The first kappa shape index (κ1) is 22.4. The second-order valence-corrected chi connectivity index (χ2v) is 9.21. The van der Waals surface area contributed by atoms with Gasteiger partial charge in [0.05, 0.1) is 10.6 Å². The van der Waals surface area contributed by atoms with E-state index in [0.29, 0.717) is 17.2 Å². The number of aryl methyl sites for hydroxylation is 3. The van der Waals surface area contributed by atoms with Crippen molar-refractivity contribution >= 4 is 21.7 Å². The van der Waals surface area contributed by atoms with Gasteiger partial charge in [-0.2, -0.15) is 0 Å². The number of benzene rings is 3. The molecule has 0 aliphatic carbocycles. The highest BCUT2D eigenvalue weighted by Crippen LogP contribution is 2.25. The zero-order valence-corrected chi connectivity index (χ0v) is 18.8. The molecule has 0 atom stereocenters. The summed E-state index contributed by atoms with van der Waals surface area (Å²) in [6, 6.07) is 18.7. The third-order valence-corrected chi connectivity index (χ3v) is 6.79. The van der Waals surface area contributed by atoms with Crippen LogP contribution in [0.1, 0.15) is 16.7 Å². The third kappa shape index (κ3) is 5.24. The Bertz CT molecular complexity index is 1190. The summed E-state index contributed by atoms with van der Waals surface area (Å²) >= 11 is 0. The third-order valence-electron chi connectivity index (χ3n) is 5.01. The summed E-state index contributed by atoms with van der Waals surface area (Å²) in [4.78, 5) is 12.3. The molecule has 0 aliphatic heterocycles. The van der Waals surface area contributed by atoms with Crippen LogP contribution in [0.15, 0.2) is 71.6 Å². The monoisotopic (exact) mass is 439 g/mol. The average molecular weight is 440 g/mol. The number of rotatable bonds is 7. The quantitative estimate of drug-likeness (QED) is 0.402. The largest absolute Gasteiger partial charge is 0.482 e. The number of para-hydroxylation sites is 1. The maximum atomic E-state index is 12.9. The molecular weight excluding hydrogens is 414 g/mol. The SMILES string of the molecule is Cc1ccc(S(=O)(=O)N(C)c2ccc(OC(=O)COc3ccccc3C)cc2)cc1C. The lowest BCUT2D eigenvalue weighted by Gasteiger charge is -2.20. The first-order chi connectivity index (χ1) is 14.7. The summed E-state index contributed by atoms with van der Waals surface area (Å²) in [5.74, 6) is 0.374. The van der Waals surface area contributed by atoms with E-state index in [2.05, 4.69) is 0 Å². The second-order valence-electron chi connectivity index (χ2n) is 7.24. The molecule has 0 saturated heterocycles. The van der Waals surface area contributed by atoms with Crippen molar-refractivity contribution in [2.24, 2.45) is 0 Å². The number of hydrogen-bond acceptors (Lipinski definition) is 5. The van der Waals surface area contributed by atoms with Crippen molar-refractivity contribution in [2.45, 2.75) is 25.7 Å². The van der Waals surface area contributed by atoms with Crippen molar-refractivity contribution in [1.29, 1.82) is 0 Å². The minimum absolute atomic E-state index is 0.224. The van der Waals surface area contributed by atoms with Gasteiger partial charge in [0, 0.05) is 7.05 Å². The van der Waals surface area contributed by atoms with Crippen LogP contribution < -0.4 is 13.8 Å². The summed E-state index contributed by atoms with van der Waals surface area (Å²) in [6.07, 6.45) is 0. The zero-order valence-electron chi connectivity index (χ0n) is 18.0. The van der Waals surface area contributed by atoms with Gasteiger partial charge in [-0.1, -0.05) is 24.3 Å². The summed E-state index contributed by atoms with van der Waals surface area (Å²) in [5.41, 5.74) is 3.31. The molecule has 0 fully saturated rings. The fourth-order valence-corrected chi connectivity index (χ4v) is 4.19. The molecular formula is C24H25NO5S. The lowest BCUT2D eigenvalue weighted by Crippen LogP contribution is -2.26. The lowest BCUT2D eigenvalue weighted by molar-refractivity contribution is -0.136. The van der Waals surface area contributed by atoms with Crippen LogP contribution in [0.4, 0.5) is 5.69 Å². The molecule has 0 heterocycles. The van der Waals surface area contributed by atoms with E-state index in [1.54, 1.807) is 48.5 Å². The van der Waals surface area contributed by atoms with Crippen LogP contribution in [0, 0.1) is 20.8 Å². The van der Waals surface area contributed by atoms with E-state index in [1.165, 1.54) is 11.4 Å². The lowest BCUT2D eigenvalue weighted by atomic mass is 10.1. The van der Waals surface area contributed by atoms with Crippen LogP contribution in [0.5, 0.6) is 11.5 Å². The molecule has 0 bridgehead atoms. The fraction of sp³-hybridized carbons (Fsp3) is 0.208. The van der Waals surface area contributed by atoms with Gasteiger partial charge < -0.3 is 9.47 Å². The maximum absolute atomic E-state index is 12.9. The molecule has 0 amide bonds. The second kappa shape index (κ2) is 9.22. The standard InChI is InChI=1S/C24H25NO5S/c1-17-9-14-22(15-19(17)3)31(27,28)25(4)20-10-12-21(13-11-20)30-24(26)16-29-23-8-6-5-7-18(23)2/h5-15H,16H2,1-4H3. The number of anilines is 1. The van der Waals surface area contributed by atoms with E-state index in [-0.39, 0.29) is 11.5 Å². The van der Waals surface area contributed by atoms with Crippen LogP contribution in [-0.4, -0.2) is 28.0 Å². The molecule has 3 rings (SSSR count). The normalized spacial score (nSPS) is 11.1. The average Bonchev–Trinajstić information content (AvgIpc) is 2.75. The van der Waals surface area contributed by atoms with Gasteiger partial charge in [0.1, 0.15) is 11.5 Å². The van der Waals surface area contributed by atoms with Gasteiger partial charge in [0.2, 0.25) is 0 Å². The Morgan fingerprint density at radius 3 is 2.19 bits per heavy atom. The fourth-order valence-electron chi connectivity index (χ4n) is 2.91. The van der Waals surface area contributed by atoms with Crippen molar-refractivity contribution in [3.05, 3.63) is 83.4 Å². The molecule has 31 heavy (non-hydrogen) atoms. The first-order valence-corrected chi connectivity index (χ1v) is 11.2. The topological polar surface area (TPSA) is 72.9 Å². The zero-order chi connectivity index (χ0) is 22.6. The number of carbonyl (C=O) groups excluding carboxylic acids is 1. The molecule has 0 spiro atoms. The van der Waals surface area contributed by atoms with E-state index in [0.717, 1.165) is 16.7 Å².